The van der Waals surface area contributed by atoms with Gasteiger partial charge in [0, 0.05) is 11.8 Å². The molecular formula is C9H5ClF3NO. The van der Waals surface area contributed by atoms with Crippen LogP contribution in [0.15, 0.2) is 18.3 Å². The molecule has 1 heterocycles. The molecule has 1 aromatic heterocycles. The van der Waals surface area contributed by atoms with E-state index in [2.05, 4.69) is 4.98 Å². The SMILES string of the molecule is O=C/C=C/c1cc(C(F)(F)F)cnc1Cl. The van der Waals surface area contributed by atoms with Crippen molar-refractivity contribution in [1.29, 1.82) is 0 Å². The molecular weight excluding hydrogens is 231 g/mol. The van der Waals surface area contributed by atoms with E-state index in [4.69, 9.17) is 11.6 Å². The topological polar surface area (TPSA) is 30.0 Å². The van der Waals surface area contributed by atoms with Gasteiger partial charge in [-0.15, -0.1) is 0 Å². The van der Waals surface area contributed by atoms with Crippen molar-refractivity contribution in [3.05, 3.63) is 34.6 Å². The first kappa shape index (κ1) is 11.7. The minimum atomic E-state index is -4.47. The van der Waals surface area contributed by atoms with Crippen molar-refractivity contribution >= 4 is 24.0 Å². The number of halogens is 4. The molecule has 80 valence electrons. The molecule has 0 spiro atoms. The zero-order valence-corrected chi connectivity index (χ0v) is 8.01. The summed E-state index contributed by atoms with van der Waals surface area (Å²) in [5.41, 5.74) is -0.851. The molecule has 1 aromatic rings. The number of carbonyl (C=O) groups excluding carboxylic acids is 1. The number of allylic oxidation sites excluding steroid dienone is 1. The summed E-state index contributed by atoms with van der Waals surface area (Å²) in [5, 5.41) is -0.0823. The van der Waals surface area contributed by atoms with E-state index in [1.807, 2.05) is 0 Å². The maximum Gasteiger partial charge on any atom is 0.417 e. The number of hydrogen-bond acceptors (Lipinski definition) is 2. The van der Waals surface area contributed by atoms with Crippen molar-refractivity contribution in [1.82, 2.24) is 4.98 Å². The van der Waals surface area contributed by atoms with E-state index in [0.29, 0.717) is 12.5 Å². The maximum atomic E-state index is 12.2. The Bertz CT molecular complexity index is 401. The molecule has 15 heavy (non-hydrogen) atoms. The van der Waals surface area contributed by atoms with E-state index in [1.165, 1.54) is 0 Å². The third-order valence-electron chi connectivity index (χ3n) is 1.55. The third-order valence-corrected chi connectivity index (χ3v) is 1.86. The maximum absolute atomic E-state index is 12.2. The Morgan fingerprint density at radius 3 is 2.60 bits per heavy atom. The first-order valence-corrected chi connectivity index (χ1v) is 4.17. The van der Waals surface area contributed by atoms with Crippen LogP contribution >= 0.6 is 11.6 Å². The predicted molar refractivity (Wildman–Crippen MR) is 49.3 cm³/mol. The Morgan fingerprint density at radius 2 is 2.07 bits per heavy atom. The van der Waals surface area contributed by atoms with Gasteiger partial charge in [0.1, 0.15) is 11.4 Å². The van der Waals surface area contributed by atoms with Gasteiger partial charge in [0.05, 0.1) is 5.56 Å². The standard InChI is InChI=1S/C9H5ClF3NO/c10-8-6(2-1-3-15)4-7(5-14-8)9(11,12)13/h1-5H/b2-1+. The lowest BCUT2D eigenvalue weighted by Gasteiger charge is -2.07. The molecule has 0 fully saturated rings. The number of hydrogen-bond donors (Lipinski definition) is 0. The highest BCUT2D eigenvalue weighted by Gasteiger charge is 2.31. The first-order chi connectivity index (χ1) is 6.95. The lowest BCUT2D eigenvalue weighted by molar-refractivity contribution is -0.137. The second-order valence-corrected chi connectivity index (χ2v) is 2.96. The van der Waals surface area contributed by atoms with Crippen LogP contribution in [0, 0.1) is 0 Å². The monoisotopic (exact) mass is 235 g/mol. The van der Waals surface area contributed by atoms with Crippen LogP contribution in [-0.2, 0) is 11.0 Å². The van der Waals surface area contributed by atoms with Gasteiger partial charge < -0.3 is 0 Å². The molecule has 0 saturated heterocycles. The van der Waals surface area contributed by atoms with Crippen molar-refractivity contribution in [2.75, 3.05) is 0 Å². The number of aldehydes is 1. The summed E-state index contributed by atoms with van der Waals surface area (Å²) < 4.78 is 36.7. The van der Waals surface area contributed by atoms with Gasteiger partial charge in [0.25, 0.3) is 0 Å². The number of carbonyl (C=O) groups is 1. The Labute approximate surface area is 88.4 Å². The highest BCUT2D eigenvalue weighted by Crippen LogP contribution is 2.30. The summed E-state index contributed by atoms with van der Waals surface area (Å²) in [7, 11) is 0. The number of alkyl halides is 3. The fourth-order valence-corrected chi connectivity index (χ4v) is 1.05. The number of rotatable bonds is 2. The Kier molecular flexibility index (Phi) is 3.47. The molecule has 0 radical (unpaired) electrons. The highest BCUT2D eigenvalue weighted by molar-refractivity contribution is 6.30. The average Bonchev–Trinajstić information content (AvgIpc) is 2.15. The molecule has 0 amide bonds. The van der Waals surface area contributed by atoms with Crippen molar-refractivity contribution < 1.29 is 18.0 Å². The minimum Gasteiger partial charge on any atom is -0.299 e. The Hall–Kier alpha value is -1.36. The summed E-state index contributed by atoms with van der Waals surface area (Å²) in [6, 6.07) is 0.829. The van der Waals surface area contributed by atoms with E-state index >= 15 is 0 Å². The van der Waals surface area contributed by atoms with Crippen molar-refractivity contribution in [3.63, 3.8) is 0 Å². The number of nitrogens with zero attached hydrogens (tertiary/aromatic N) is 1. The van der Waals surface area contributed by atoms with Crippen LogP contribution in [0.25, 0.3) is 6.08 Å². The fourth-order valence-electron chi connectivity index (χ4n) is 0.880. The van der Waals surface area contributed by atoms with Crippen LogP contribution in [0.3, 0.4) is 0 Å². The summed E-state index contributed by atoms with van der Waals surface area (Å²) in [4.78, 5) is 13.4. The van der Waals surface area contributed by atoms with Crippen LogP contribution in [0.1, 0.15) is 11.1 Å². The number of pyridine rings is 1. The van der Waals surface area contributed by atoms with Gasteiger partial charge in [-0.1, -0.05) is 11.6 Å². The van der Waals surface area contributed by atoms with Crippen LogP contribution in [0.2, 0.25) is 5.15 Å². The molecule has 0 aromatic carbocycles. The van der Waals surface area contributed by atoms with E-state index in [-0.39, 0.29) is 10.7 Å². The van der Waals surface area contributed by atoms with Gasteiger partial charge in [-0.3, -0.25) is 4.79 Å². The van der Waals surface area contributed by atoms with Gasteiger partial charge in [-0.25, -0.2) is 4.98 Å². The second-order valence-electron chi connectivity index (χ2n) is 2.60. The summed E-state index contributed by atoms with van der Waals surface area (Å²) in [5.74, 6) is 0. The van der Waals surface area contributed by atoms with Crippen LogP contribution < -0.4 is 0 Å². The summed E-state index contributed by atoms with van der Waals surface area (Å²) in [6.45, 7) is 0. The van der Waals surface area contributed by atoms with Gasteiger partial charge in [0.15, 0.2) is 0 Å². The normalized spacial score (nSPS) is 12.0. The average molecular weight is 236 g/mol. The van der Waals surface area contributed by atoms with E-state index in [9.17, 15) is 18.0 Å². The van der Waals surface area contributed by atoms with Gasteiger partial charge in [0.2, 0.25) is 0 Å². The molecule has 0 N–H and O–H groups in total. The molecule has 0 aliphatic carbocycles. The summed E-state index contributed by atoms with van der Waals surface area (Å²) in [6.07, 6.45) is -1.18. The third kappa shape index (κ3) is 3.06. The Balaban J connectivity index is 3.16. The van der Waals surface area contributed by atoms with Gasteiger partial charge in [-0.05, 0) is 18.2 Å². The zero-order valence-electron chi connectivity index (χ0n) is 7.25. The molecule has 6 heteroatoms. The molecule has 0 saturated carbocycles. The molecule has 0 bridgehead atoms. The molecule has 0 aliphatic rings. The lowest BCUT2D eigenvalue weighted by atomic mass is 10.2. The smallest absolute Gasteiger partial charge is 0.299 e. The van der Waals surface area contributed by atoms with Gasteiger partial charge >= 0.3 is 6.18 Å². The first-order valence-electron chi connectivity index (χ1n) is 3.79. The largest absolute Gasteiger partial charge is 0.417 e. The van der Waals surface area contributed by atoms with Crippen molar-refractivity contribution in [3.8, 4) is 0 Å². The Morgan fingerprint density at radius 1 is 1.40 bits per heavy atom. The van der Waals surface area contributed by atoms with Crippen molar-refractivity contribution in [2.45, 2.75) is 6.18 Å². The predicted octanol–water partition coefficient (Wildman–Crippen LogP) is 2.97. The quantitative estimate of drug-likeness (QED) is 0.448. The van der Waals surface area contributed by atoms with E-state index in [0.717, 1.165) is 18.2 Å². The van der Waals surface area contributed by atoms with Gasteiger partial charge in [-0.2, -0.15) is 13.2 Å². The molecule has 1 rings (SSSR count). The van der Waals surface area contributed by atoms with E-state index < -0.39 is 11.7 Å². The lowest BCUT2D eigenvalue weighted by Crippen LogP contribution is -2.05. The minimum absolute atomic E-state index is 0.0543. The van der Waals surface area contributed by atoms with Crippen LogP contribution in [0.4, 0.5) is 13.2 Å². The van der Waals surface area contributed by atoms with E-state index in [1.54, 1.807) is 0 Å². The molecule has 2 nitrogen and oxygen atoms in total. The zero-order chi connectivity index (χ0) is 11.5. The van der Waals surface area contributed by atoms with Crippen LogP contribution in [-0.4, -0.2) is 11.3 Å². The number of aromatic nitrogens is 1. The second kappa shape index (κ2) is 4.44. The highest BCUT2D eigenvalue weighted by atomic mass is 35.5. The molecule has 0 aliphatic heterocycles. The summed E-state index contributed by atoms with van der Waals surface area (Å²) >= 11 is 5.54. The van der Waals surface area contributed by atoms with Crippen LogP contribution in [0.5, 0.6) is 0 Å². The van der Waals surface area contributed by atoms with Crippen molar-refractivity contribution in [2.24, 2.45) is 0 Å². The fraction of sp³-hybridized carbons (Fsp3) is 0.111. The molecule has 0 atom stereocenters. The molecule has 0 unspecified atom stereocenters.